The Hall–Kier alpha value is 1.72. The Morgan fingerprint density at radius 3 is 2.40 bits per heavy atom. The molecular formula is C9H18INOS2Te. The summed E-state index contributed by atoms with van der Waals surface area (Å²) in [6.07, 6.45) is 0. The van der Waals surface area contributed by atoms with E-state index >= 15 is 0 Å². The maximum absolute atomic E-state index is 5.52. The summed E-state index contributed by atoms with van der Waals surface area (Å²) < 4.78 is 9.13. The van der Waals surface area contributed by atoms with Crippen LogP contribution in [0.25, 0.3) is 0 Å². The molecule has 15 heavy (non-hydrogen) atoms. The van der Waals surface area contributed by atoms with Gasteiger partial charge >= 0.3 is 116 Å². The first-order valence-corrected chi connectivity index (χ1v) is 19.2. The van der Waals surface area contributed by atoms with Crippen molar-refractivity contribution in [2.75, 3.05) is 26.3 Å². The van der Waals surface area contributed by atoms with Gasteiger partial charge in [0.15, 0.2) is 0 Å². The number of nitrogens with zero attached hydrogens (tertiary/aromatic N) is 1. The standard InChI is InChI=1S/C9H18INOS2Te/c1-3-11(4-2)9(13)14-15(10)7-5-12-6-8-15/h3-8H2,1-2H3. The van der Waals surface area contributed by atoms with Gasteiger partial charge in [0.1, 0.15) is 0 Å². The third-order valence-electron chi connectivity index (χ3n) is 2.31. The molecule has 0 aromatic carbocycles. The SMILES string of the molecule is CCN(CC)C(=S)S[Te]1(I)CCOCC1. The molecule has 0 bridgehead atoms. The molecule has 0 atom stereocenters. The van der Waals surface area contributed by atoms with Crippen molar-refractivity contribution in [3.63, 3.8) is 0 Å². The number of hydrogen-bond donors (Lipinski definition) is 0. The molecule has 6 heteroatoms. The fourth-order valence-electron chi connectivity index (χ4n) is 1.32. The second-order valence-electron chi connectivity index (χ2n) is 3.26. The summed E-state index contributed by atoms with van der Waals surface area (Å²) >= 11 is 6.49. The summed E-state index contributed by atoms with van der Waals surface area (Å²) in [5.41, 5.74) is 0. The van der Waals surface area contributed by atoms with E-state index in [2.05, 4.69) is 37.4 Å². The number of rotatable bonds is 3. The van der Waals surface area contributed by atoms with Crippen LogP contribution in [0.2, 0.25) is 8.94 Å². The van der Waals surface area contributed by atoms with Gasteiger partial charge in [0.05, 0.1) is 0 Å². The first-order chi connectivity index (χ1) is 7.11. The average molecular weight is 475 g/mol. The fourth-order valence-corrected chi connectivity index (χ4v) is 21.4. The summed E-state index contributed by atoms with van der Waals surface area (Å²) in [5.74, 6) is 0. The van der Waals surface area contributed by atoms with Crippen LogP contribution in [0, 0.1) is 0 Å². The number of halogens is 1. The molecule has 1 heterocycles. The predicted octanol–water partition coefficient (Wildman–Crippen LogP) is 3.25. The van der Waals surface area contributed by atoms with Crippen molar-refractivity contribution < 1.29 is 4.74 Å². The van der Waals surface area contributed by atoms with Gasteiger partial charge in [-0.3, -0.25) is 0 Å². The van der Waals surface area contributed by atoms with Crippen molar-refractivity contribution in [2.24, 2.45) is 0 Å². The minimum absolute atomic E-state index is 0.956. The van der Waals surface area contributed by atoms with E-state index in [-0.39, 0.29) is 0 Å². The van der Waals surface area contributed by atoms with E-state index in [4.69, 9.17) is 17.0 Å². The van der Waals surface area contributed by atoms with E-state index in [1.165, 1.54) is 8.94 Å². The van der Waals surface area contributed by atoms with Gasteiger partial charge in [-0.1, -0.05) is 0 Å². The topological polar surface area (TPSA) is 12.5 Å². The molecule has 0 amide bonds. The molecule has 0 aromatic rings. The monoisotopic (exact) mass is 477 g/mol. The Morgan fingerprint density at radius 1 is 1.40 bits per heavy atom. The predicted molar refractivity (Wildman–Crippen MR) is 83.3 cm³/mol. The van der Waals surface area contributed by atoms with Crippen LogP contribution in [0.5, 0.6) is 0 Å². The minimum atomic E-state index is -1.76. The number of ether oxygens (including phenoxy) is 1. The van der Waals surface area contributed by atoms with E-state index in [0.29, 0.717) is 0 Å². The van der Waals surface area contributed by atoms with Gasteiger partial charge in [-0.15, -0.1) is 0 Å². The quantitative estimate of drug-likeness (QED) is 0.353. The second-order valence-corrected chi connectivity index (χ2v) is 31.9. The van der Waals surface area contributed by atoms with Gasteiger partial charge in [-0.25, -0.2) is 0 Å². The Labute approximate surface area is 114 Å². The van der Waals surface area contributed by atoms with Crippen LogP contribution < -0.4 is 0 Å². The van der Waals surface area contributed by atoms with Crippen molar-refractivity contribution in [3.05, 3.63) is 0 Å². The first-order valence-electron chi connectivity index (χ1n) is 5.15. The molecule has 0 spiro atoms. The third kappa shape index (κ3) is 4.84. The Morgan fingerprint density at radius 2 is 1.93 bits per heavy atom. The van der Waals surface area contributed by atoms with Crippen molar-refractivity contribution in [2.45, 2.75) is 22.8 Å². The van der Waals surface area contributed by atoms with Gasteiger partial charge in [-0.05, 0) is 0 Å². The van der Waals surface area contributed by atoms with E-state index in [1.807, 2.05) is 8.99 Å². The van der Waals surface area contributed by atoms with Gasteiger partial charge < -0.3 is 0 Å². The zero-order chi connectivity index (χ0) is 11.3. The van der Waals surface area contributed by atoms with Crippen molar-refractivity contribution in [3.8, 4) is 0 Å². The van der Waals surface area contributed by atoms with Gasteiger partial charge in [0.2, 0.25) is 0 Å². The van der Waals surface area contributed by atoms with Crippen molar-refractivity contribution in [1.82, 2.24) is 4.90 Å². The van der Waals surface area contributed by atoms with Crippen LogP contribution in [-0.2, 0) is 4.74 Å². The molecule has 2 nitrogen and oxygen atoms in total. The summed E-state index contributed by atoms with van der Waals surface area (Å²) in [4.78, 5) is 2.29. The van der Waals surface area contributed by atoms with E-state index in [1.54, 1.807) is 0 Å². The molecule has 0 radical (unpaired) electrons. The van der Waals surface area contributed by atoms with Gasteiger partial charge in [0, 0.05) is 0 Å². The molecule has 1 saturated heterocycles. The average Bonchev–Trinajstić information content (AvgIpc) is 2.19. The Bertz CT molecular complexity index is 220. The van der Waals surface area contributed by atoms with Gasteiger partial charge in [-0.2, -0.15) is 0 Å². The Kier molecular flexibility index (Phi) is 7.11. The number of thiocarbonyl (C=S) groups is 1. The van der Waals surface area contributed by atoms with Crippen LogP contribution in [0.1, 0.15) is 13.8 Å². The van der Waals surface area contributed by atoms with E-state index in [0.717, 1.165) is 30.6 Å². The van der Waals surface area contributed by atoms with Crippen LogP contribution in [-0.4, -0.2) is 48.4 Å². The van der Waals surface area contributed by atoms with E-state index < -0.39 is 12.9 Å². The van der Waals surface area contributed by atoms with Crippen molar-refractivity contribution >= 4 is 57.1 Å². The maximum atomic E-state index is 5.52. The van der Waals surface area contributed by atoms with E-state index in [9.17, 15) is 0 Å². The molecular weight excluding hydrogens is 457 g/mol. The molecule has 0 unspecified atom stereocenters. The summed E-state index contributed by atoms with van der Waals surface area (Å²) in [7, 11) is 2.03. The van der Waals surface area contributed by atoms with Crippen LogP contribution >= 0.6 is 39.9 Å². The zero-order valence-electron chi connectivity index (χ0n) is 9.20. The molecule has 1 rings (SSSR count). The van der Waals surface area contributed by atoms with Crippen molar-refractivity contribution in [1.29, 1.82) is 0 Å². The molecule has 0 N–H and O–H groups in total. The molecule has 90 valence electrons. The molecule has 1 aliphatic heterocycles. The molecule has 1 fully saturated rings. The number of hydrogen-bond acceptors (Lipinski definition) is 3. The molecule has 0 saturated carbocycles. The third-order valence-corrected chi connectivity index (χ3v) is 24.6. The summed E-state index contributed by atoms with van der Waals surface area (Å²) in [5, 5.41) is 0. The summed E-state index contributed by atoms with van der Waals surface area (Å²) in [6, 6.07) is 0. The summed E-state index contributed by atoms with van der Waals surface area (Å²) in [6.45, 7) is 8.33. The second kappa shape index (κ2) is 7.22. The zero-order valence-corrected chi connectivity index (χ0v) is 15.3. The van der Waals surface area contributed by atoms with Gasteiger partial charge in [0.25, 0.3) is 0 Å². The van der Waals surface area contributed by atoms with Crippen LogP contribution in [0.4, 0.5) is 0 Å². The van der Waals surface area contributed by atoms with Crippen LogP contribution in [0.15, 0.2) is 0 Å². The first kappa shape index (κ1) is 14.8. The molecule has 0 aromatic heterocycles. The molecule has 0 aliphatic carbocycles. The fraction of sp³-hybridized carbons (Fsp3) is 0.889. The normalized spacial score (nSPS) is 22.1. The Balaban J connectivity index is 2.48. The van der Waals surface area contributed by atoms with Crippen LogP contribution in [0.3, 0.4) is 0 Å². The molecule has 1 aliphatic rings.